The molecule has 3 amide bonds. The molecule has 0 saturated carbocycles. The standard InChI is InChI=1S/C20H23N5O5/c1-13-4-3-5-14(2)18(13)21-20(27)24-10-8-23(9-11-24)17-7-6-15(25(29)30)12-16(17)19(26)22-28/h3-7,12,28H,8-11H2,1-2H3,(H,21,27)(H,22,26). The van der Waals surface area contributed by atoms with Gasteiger partial charge >= 0.3 is 6.03 Å². The zero-order valence-electron chi connectivity index (χ0n) is 16.7. The zero-order chi connectivity index (χ0) is 21.8. The number of non-ortho nitro benzene ring substituents is 1. The van der Waals surface area contributed by atoms with E-state index >= 15 is 0 Å². The number of carbonyl (C=O) groups excluding carboxylic acids is 2. The number of rotatable bonds is 4. The van der Waals surface area contributed by atoms with Crippen LogP contribution in [0.1, 0.15) is 21.5 Å². The predicted molar refractivity (Wildman–Crippen MR) is 111 cm³/mol. The van der Waals surface area contributed by atoms with Gasteiger partial charge in [-0.15, -0.1) is 0 Å². The fraction of sp³-hybridized carbons (Fsp3) is 0.300. The van der Waals surface area contributed by atoms with Crippen LogP contribution in [0, 0.1) is 24.0 Å². The maximum atomic E-state index is 12.7. The largest absolute Gasteiger partial charge is 0.367 e. The summed E-state index contributed by atoms with van der Waals surface area (Å²) in [6, 6.07) is 9.51. The Bertz CT molecular complexity index is 965. The number of nitrogens with zero attached hydrogens (tertiary/aromatic N) is 3. The van der Waals surface area contributed by atoms with Crippen molar-refractivity contribution in [1.29, 1.82) is 0 Å². The highest BCUT2D eigenvalue weighted by Crippen LogP contribution is 2.27. The van der Waals surface area contributed by atoms with Crippen LogP contribution in [0.5, 0.6) is 0 Å². The van der Waals surface area contributed by atoms with E-state index in [1.54, 1.807) is 4.90 Å². The van der Waals surface area contributed by atoms with E-state index in [9.17, 15) is 19.7 Å². The highest BCUT2D eigenvalue weighted by atomic mass is 16.6. The lowest BCUT2D eigenvalue weighted by atomic mass is 10.1. The molecule has 1 aliphatic heterocycles. The first-order valence-corrected chi connectivity index (χ1v) is 9.41. The molecule has 30 heavy (non-hydrogen) atoms. The molecular formula is C20H23N5O5. The number of hydrogen-bond acceptors (Lipinski definition) is 6. The van der Waals surface area contributed by atoms with Gasteiger partial charge in [0.25, 0.3) is 11.6 Å². The lowest BCUT2D eigenvalue weighted by molar-refractivity contribution is -0.384. The average Bonchev–Trinajstić information content (AvgIpc) is 2.75. The molecule has 0 aromatic heterocycles. The van der Waals surface area contributed by atoms with Crippen LogP contribution in [0.25, 0.3) is 0 Å². The van der Waals surface area contributed by atoms with Crippen LogP contribution in [-0.2, 0) is 0 Å². The van der Waals surface area contributed by atoms with Crippen molar-refractivity contribution in [2.24, 2.45) is 0 Å². The fourth-order valence-corrected chi connectivity index (χ4v) is 3.50. The number of hydroxylamine groups is 1. The summed E-state index contributed by atoms with van der Waals surface area (Å²) in [5.41, 5.74) is 4.50. The Morgan fingerprint density at radius 2 is 1.70 bits per heavy atom. The van der Waals surface area contributed by atoms with Crippen LogP contribution in [0.15, 0.2) is 36.4 Å². The predicted octanol–water partition coefficient (Wildman–Crippen LogP) is 2.68. The topological polar surface area (TPSA) is 128 Å². The Balaban J connectivity index is 1.71. The highest BCUT2D eigenvalue weighted by Gasteiger charge is 2.26. The van der Waals surface area contributed by atoms with Crippen LogP contribution in [0.2, 0.25) is 0 Å². The molecule has 0 radical (unpaired) electrons. The minimum Gasteiger partial charge on any atom is -0.367 e. The normalized spacial score (nSPS) is 13.7. The second-order valence-corrected chi connectivity index (χ2v) is 7.07. The second kappa shape index (κ2) is 8.78. The summed E-state index contributed by atoms with van der Waals surface area (Å²) in [7, 11) is 0. The van der Waals surface area contributed by atoms with E-state index in [4.69, 9.17) is 5.21 Å². The lowest BCUT2D eigenvalue weighted by Gasteiger charge is -2.36. The van der Waals surface area contributed by atoms with Crippen molar-refractivity contribution in [3.05, 3.63) is 63.2 Å². The molecule has 2 aromatic rings. The van der Waals surface area contributed by atoms with Gasteiger partial charge in [0.15, 0.2) is 0 Å². The van der Waals surface area contributed by atoms with Crippen molar-refractivity contribution in [1.82, 2.24) is 10.4 Å². The van der Waals surface area contributed by atoms with Gasteiger partial charge in [0.05, 0.1) is 16.2 Å². The minimum atomic E-state index is -0.830. The third-order valence-electron chi connectivity index (χ3n) is 5.16. The molecule has 1 saturated heterocycles. The molecule has 3 N–H and O–H groups in total. The monoisotopic (exact) mass is 413 g/mol. The van der Waals surface area contributed by atoms with Crippen molar-refractivity contribution in [3.8, 4) is 0 Å². The minimum absolute atomic E-state index is 0.000127. The van der Waals surface area contributed by atoms with Gasteiger partial charge in [0.2, 0.25) is 0 Å². The summed E-state index contributed by atoms with van der Waals surface area (Å²) in [5, 5.41) is 23.0. The molecular weight excluding hydrogens is 390 g/mol. The van der Waals surface area contributed by atoms with Gasteiger partial charge < -0.3 is 15.1 Å². The number of aryl methyl sites for hydroxylation is 2. The first-order chi connectivity index (χ1) is 14.3. The maximum absolute atomic E-state index is 12.7. The maximum Gasteiger partial charge on any atom is 0.321 e. The van der Waals surface area contributed by atoms with E-state index in [1.165, 1.54) is 17.6 Å². The van der Waals surface area contributed by atoms with Crippen LogP contribution in [0.4, 0.5) is 21.9 Å². The highest BCUT2D eigenvalue weighted by molar-refractivity contribution is 6.00. The molecule has 158 valence electrons. The van der Waals surface area contributed by atoms with Crippen molar-refractivity contribution in [2.45, 2.75) is 13.8 Å². The van der Waals surface area contributed by atoms with Crippen molar-refractivity contribution in [3.63, 3.8) is 0 Å². The summed E-state index contributed by atoms with van der Waals surface area (Å²) in [4.78, 5) is 38.6. The molecule has 3 rings (SSSR count). The Hall–Kier alpha value is -3.66. The van der Waals surface area contributed by atoms with Gasteiger partial charge in [0.1, 0.15) is 0 Å². The fourth-order valence-electron chi connectivity index (χ4n) is 3.50. The van der Waals surface area contributed by atoms with Gasteiger partial charge in [0, 0.05) is 44.0 Å². The summed E-state index contributed by atoms with van der Waals surface area (Å²) >= 11 is 0. The Morgan fingerprint density at radius 3 is 2.27 bits per heavy atom. The average molecular weight is 413 g/mol. The summed E-state index contributed by atoms with van der Waals surface area (Å²) in [6.07, 6.45) is 0. The molecule has 10 heteroatoms. The van der Waals surface area contributed by atoms with Crippen molar-refractivity contribution >= 4 is 29.0 Å². The number of benzene rings is 2. The number of urea groups is 1. The molecule has 0 spiro atoms. The van der Waals surface area contributed by atoms with E-state index in [1.807, 2.05) is 36.9 Å². The second-order valence-electron chi connectivity index (χ2n) is 7.07. The molecule has 2 aromatic carbocycles. The molecule has 1 aliphatic rings. The first kappa shape index (κ1) is 21.1. The molecule has 0 aliphatic carbocycles. The molecule has 1 heterocycles. The summed E-state index contributed by atoms with van der Waals surface area (Å²) in [5.74, 6) is -0.830. The smallest absolute Gasteiger partial charge is 0.321 e. The number of nitro groups is 1. The SMILES string of the molecule is Cc1cccc(C)c1NC(=O)N1CCN(c2ccc([N+](=O)[O-])cc2C(=O)NO)CC1. The van der Waals surface area contributed by atoms with Crippen LogP contribution < -0.4 is 15.7 Å². The van der Waals surface area contributed by atoms with Gasteiger partial charge in [-0.25, -0.2) is 10.3 Å². The quantitative estimate of drug-likeness (QED) is 0.402. The summed E-state index contributed by atoms with van der Waals surface area (Å²) in [6.45, 7) is 5.56. The molecule has 0 bridgehead atoms. The number of anilines is 2. The van der Waals surface area contributed by atoms with Gasteiger partial charge in [-0.1, -0.05) is 18.2 Å². The Morgan fingerprint density at radius 1 is 1.07 bits per heavy atom. The number of para-hydroxylation sites is 1. The Labute approximate surface area is 173 Å². The molecule has 0 atom stereocenters. The lowest BCUT2D eigenvalue weighted by Crippen LogP contribution is -2.50. The molecule has 1 fully saturated rings. The van der Waals surface area contributed by atoms with Crippen molar-refractivity contribution in [2.75, 3.05) is 36.4 Å². The van der Waals surface area contributed by atoms with E-state index in [-0.39, 0.29) is 17.3 Å². The van der Waals surface area contributed by atoms with E-state index < -0.39 is 10.8 Å². The van der Waals surface area contributed by atoms with E-state index in [2.05, 4.69) is 5.32 Å². The van der Waals surface area contributed by atoms with E-state index in [0.717, 1.165) is 22.9 Å². The number of nitrogens with one attached hydrogen (secondary N) is 2. The number of amides is 3. The van der Waals surface area contributed by atoms with Crippen LogP contribution >= 0.6 is 0 Å². The van der Waals surface area contributed by atoms with Crippen LogP contribution in [0.3, 0.4) is 0 Å². The van der Waals surface area contributed by atoms with E-state index in [0.29, 0.717) is 31.9 Å². The number of nitro benzene ring substituents is 1. The third kappa shape index (κ3) is 4.33. The summed E-state index contributed by atoms with van der Waals surface area (Å²) < 4.78 is 0. The van der Waals surface area contributed by atoms with Gasteiger partial charge in [-0.3, -0.25) is 20.1 Å². The van der Waals surface area contributed by atoms with Gasteiger partial charge in [-0.2, -0.15) is 0 Å². The first-order valence-electron chi connectivity index (χ1n) is 9.41. The number of hydrogen-bond donors (Lipinski definition) is 3. The Kier molecular flexibility index (Phi) is 6.17. The molecule has 0 unspecified atom stereocenters. The van der Waals surface area contributed by atoms with Gasteiger partial charge in [-0.05, 0) is 31.0 Å². The number of carbonyl (C=O) groups is 2. The van der Waals surface area contributed by atoms with Crippen LogP contribution in [-0.4, -0.2) is 53.1 Å². The zero-order valence-corrected chi connectivity index (χ0v) is 16.7. The molecule has 10 nitrogen and oxygen atoms in total. The van der Waals surface area contributed by atoms with Crippen molar-refractivity contribution < 1.29 is 19.7 Å². The number of piperazine rings is 1. The third-order valence-corrected chi connectivity index (χ3v) is 5.16.